The van der Waals surface area contributed by atoms with Gasteiger partial charge in [0, 0.05) is 38.2 Å². The van der Waals surface area contributed by atoms with Crippen molar-refractivity contribution in [2.24, 2.45) is 0 Å². The molecule has 2 aromatic carbocycles. The first kappa shape index (κ1) is 24.3. The van der Waals surface area contributed by atoms with E-state index < -0.39 is 10.0 Å². The summed E-state index contributed by atoms with van der Waals surface area (Å²) in [4.78, 5) is 15.4. The fourth-order valence-electron chi connectivity index (χ4n) is 4.05. The zero-order chi connectivity index (χ0) is 24.1. The lowest BCUT2D eigenvalue weighted by Gasteiger charge is -2.28. The second-order valence-electron chi connectivity index (χ2n) is 8.03. The largest absolute Gasteiger partial charge is 0.490 e. The molecule has 0 aromatic heterocycles. The minimum Gasteiger partial charge on any atom is -0.490 e. The average molecular weight is 490 g/mol. The van der Waals surface area contributed by atoms with Gasteiger partial charge in [-0.3, -0.25) is 4.79 Å². The summed E-state index contributed by atoms with van der Waals surface area (Å²) in [5.41, 5.74) is 1.60. The van der Waals surface area contributed by atoms with E-state index in [2.05, 4.69) is 10.2 Å². The molecule has 2 aromatic rings. The third-order valence-electron chi connectivity index (χ3n) is 5.94. The van der Waals surface area contributed by atoms with Crippen LogP contribution in [0.1, 0.15) is 30.6 Å². The van der Waals surface area contributed by atoms with E-state index in [9.17, 15) is 13.2 Å². The number of benzene rings is 2. The maximum Gasteiger partial charge on any atom is 0.255 e. The minimum absolute atomic E-state index is 0.138. The number of morpholine rings is 1. The Morgan fingerprint density at radius 1 is 0.971 bits per heavy atom. The molecule has 0 bridgehead atoms. The van der Waals surface area contributed by atoms with Crippen LogP contribution in [0.25, 0.3) is 0 Å². The number of fused-ring (bicyclic) bond motifs is 1. The van der Waals surface area contributed by atoms with Gasteiger partial charge in [-0.2, -0.15) is 4.31 Å². The van der Waals surface area contributed by atoms with Crippen molar-refractivity contribution in [1.82, 2.24) is 4.31 Å². The number of ether oxygens (including phenoxy) is 3. The molecule has 9 nitrogen and oxygen atoms in total. The molecule has 0 radical (unpaired) electrons. The van der Waals surface area contributed by atoms with Gasteiger partial charge >= 0.3 is 0 Å². The molecule has 2 aliphatic rings. The summed E-state index contributed by atoms with van der Waals surface area (Å²) in [5, 5.41) is 2.93. The van der Waals surface area contributed by atoms with Gasteiger partial charge < -0.3 is 24.4 Å². The lowest BCUT2D eigenvalue weighted by atomic mass is 10.1. The number of nitrogens with zero attached hydrogens (tertiary/aromatic N) is 2. The van der Waals surface area contributed by atoms with Gasteiger partial charge in [0.05, 0.1) is 42.7 Å². The maximum absolute atomic E-state index is 13.2. The van der Waals surface area contributed by atoms with E-state index in [0.717, 1.165) is 12.1 Å². The number of carbonyl (C=O) groups is 1. The zero-order valence-electron chi connectivity index (χ0n) is 19.6. The fraction of sp³-hybridized carbons (Fsp3) is 0.458. The Labute approximate surface area is 200 Å². The van der Waals surface area contributed by atoms with Crippen molar-refractivity contribution in [2.75, 3.05) is 62.8 Å². The van der Waals surface area contributed by atoms with Crippen LogP contribution >= 0.6 is 0 Å². The van der Waals surface area contributed by atoms with Crippen LogP contribution in [0.4, 0.5) is 11.4 Å². The van der Waals surface area contributed by atoms with E-state index in [1.807, 2.05) is 13.8 Å². The Morgan fingerprint density at radius 3 is 2.38 bits per heavy atom. The summed E-state index contributed by atoms with van der Waals surface area (Å²) in [6, 6.07) is 9.95. The highest BCUT2D eigenvalue weighted by molar-refractivity contribution is 7.89. The molecule has 10 heteroatoms. The van der Waals surface area contributed by atoms with Gasteiger partial charge in [-0.25, -0.2) is 8.42 Å². The molecule has 1 N–H and O–H groups in total. The molecular formula is C24H31N3O6S. The summed E-state index contributed by atoms with van der Waals surface area (Å²) < 4.78 is 44.5. The first-order valence-corrected chi connectivity index (χ1v) is 13.1. The zero-order valence-corrected chi connectivity index (χ0v) is 20.4. The lowest BCUT2D eigenvalue weighted by molar-refractivity contribution is 0.0730. The number of sulfonamides is 1. The van der Waals surface area contributed by atoms with Gasteiger partial charge in [0.25, 0.3) is 5.91 Å². The van der Waals surface area contributed by atoms with Gasteiger partial charge in [0.15, 0.2) is 11.5 Å². The molecule has 34 heavy (non-hydrogen) atoms. The normalized spacial score (nSPS) is 16.5. The topological polar surface area (TPSA) is 97.4 Å². The van der Waals surface area contributed by atoms with Gasteiger partial charge in [0.2, 0.25) is 10.0 Å². The number of hydrogen-bond donors (Lipinski definition) is 1. The molecule has 1 fully saturated rings. The molecule has 1 amide bonds. The first-order valence-electron chi connectivity index (χ1n) is 11.6. The highest BCUT2D eigenvalue weighted by Gasteiger charge is 2.28. The van der Waals surface area contributed by atoms with Crippen LogP contribution in [0.15, 0.2) is 41.3 Å². The summed E-state index contributed by atoms with van der Waals surface area (Å²) in [6.07, 6.45) is 0.772. The van der Waals surface area contributed by atoms with Crippen LogP contribution in [0.3, 0.4) is 0 Å². The number of nitrogens with one attached hydrogen (secondary N) is 1. The van der Waals surface area contributed by atoms with E-state index in [1.165, 1.54) is 4.31 Å². The number of anilines is 2. The predicted molar refractivity (Wildman–Crippen MR) is 130 cm³/mol. The summed E-state index contributed by atoms with van der Waals surface area (Å²) in [6.45, 7) is 7.86. The number of rotatable bonds is 7. The number of amides is 1. The second kappa shape index (κ2) is 10.6. The summed E-state index contributed by atoms with van der Waals surface area (Å²) in [5.74, 6) is 0.777. The Hall–Kier alpha value is -2.82. The molecule has 2 heterocycles. The second-order valence-corrected chi connectivity index (χ2v) is 9.97. The Morgan fingerprint density at radius 2 is 1.68 bits per heavy atom. The Balaban J connectivity index is 1.66. The van der Waals surface area contributed by atoms with Crippen molar-refractivity contribution in [3.63, 3.8) is 0 Å². The highest BCUT2D eigenvalue weighted by atomic mass is 32.2. The van der Waals surface area contributed by atoms with E-state index in [-0.39, 0.29) is 10.8 Å². The molecule has 4 rings (SSSR count). The lowest BCUT2D eigenvalue weighted by Crippen LogP contribution is -2.40. The van der Waals surface area contributed by atoms with Crippen molar-refractivity contribution in [3.05, 3.63) is 42.0 Å². The fourth-order valence-corrected chi connectivity index (χ4v) is 5.49. The van der Waals surface area contributed by atoms with E-state index in [0.29, 0.717) is 75.4 Å². The van der Waals surface area contributed by atoms with Crippen LogP contribution in [0, 0.1) is 0 Å². The molecule has 184 valence electrons. The third-order valence-corrected chi connectivity index (χ3v) is 7.83. The van der Waals surface area contributed by atoms with Gasteiger partial charge in [-0.15, -0.1) is 0 Å². The maximum atomic E-state index is 13.2. The predicted octanol–water partition coefficient (Wildman–Crippen LogP) is 2.97. The molecule has 2 aliphatic heterocycles. The standard InChI is InChI=1S/C24H31N3O6S/c1-3-26(4-2)21-8-7-19(34(29,30)27-10-14-31-15-11-27)17-20(21)25-24(28)18-6-9-22-23(16-18)33-13-5-12-32-22/h6-9,16-17H,3-5,10-15H2,1-2H3,(H,25,28). The van der Waals surface area contributed by atoms with Crippen molar-refractivity contribution in [3.8, 4) is 11.5 Å². The molecule has 0 unspecified atom stereocenters. The molecule has 0 saturated carbocycles. The highest BCUT2D eigenvalue weighted by Crippen LogP contribution is 2.33. The smallest absolute Gasteiger partial charge is 0.255 e. The quantitative estimate of drug-likeness (QED) is 0.639. The molecule has 0 spiro atoms. The number of carbonyl (C=O) groups excluding carboxylic acids is 1. The van der Waals surface area contributed by atoms with Crippen LogP contribution in [0.2, 0.25) is 0 Å². The average Bonchev–Trinajstić information content (AvgIpc) is 3.11. The van der Waals surface area contributed by atoms with Gasteiger partial charge in [-0.05, 0) is 50.2 Å². The Kier molecular flexibility index (Phi) is 7.60. The molecule has 1 saturated heterocycles. The van der Waals surface area contributed by atoms with Crippen molar-refractivity contribution < 1.29 is 27.4 Å². The van der Waals surface area contributed by atoms with Crippen molar-refractivity contribution >= 4 is 27.3 Å². The molecular weight excluding hydrogens is 458 g/mol. The number of hydrogen-bond acceptors (Lipinski definition) is 7. The third kappa shape index (κ3) is 5.13. The van der Waals surface area contributed by atoms with Gasteiger partial charge in [-0.1, -0.05) is 0 Å². The van der Waals surface area contributed by atoms with E-state index in [1.54, 1.807) is 36.4 Å². The summed E-state index contributed by atoms with van der Waals surface area (Å²) >= 11 is 0. The minimum atomic E-state index is -3.71. The van der Waals surface area contributed by atoms with Crippen molar-refractivity contribution in [2.45, 2.75) is 25.2 Å². The van der Waals surface area contributed by atoms with E-state index >= 15 is 0 Å². The SMILES string of the molecule is CCN(CC)c1ccc(S(=O)(=O)N2CCOCC2)cc1NC(=O)c1ccc2c(c1)OCCCO2. The van der Waals surface area contributed by atoms with Gasteiger partial charge in [0.1, 0.15) is 0 Å². The molecule has 0 aliphatic carbocycles. The van der Waals surface area contributed by atoms with E-state index in [4.69, 9.17) is 14.2 Å². The first-order chi connectivity index (χ1) is 16.4. The van der Waals surface area contributed by atoms with Crippen molar-refractivity contribution in [1.29, 1.82) is 0 Å². The van der Waals surface area contributed by atoms with Crippen LogP contribution in [-0.2, 0) is 14.8 Å². The summed E-state index contributed by atoms with van der Waals surface area (Å²) in [7, 11) is -3.71. The van der Waals surface area contributed by atoms with Crippen LogP contribution < -0.4 is 19.7 Å². The monoisotopic (exact) mass is 489 g/mol. The van der Waals surface area contributed by atoms with Crippen LogP contribution in [-0.4, -0.2) is 71.2 Å². The van der Waals surface area contributed by atoms with Crippen LogP contribution in [0.5, 0.6) is 11.5 Å². The Bertz CT molecular complexity index is 1130. The molecule has 0 atom stereocenters.